The predicted octanol–water partition coefficient (Wildman–Crippen LogP) is 2.61. The van der Waals surface area contributed by atoms with Crippen molar-refractivity contribution in [3.8, 4) is 11.5 Å². The summed E-state index contributed by atoms with van der Waals surface area (Å²) in [6, 6.07) is 3.87. The normalized spacial score (nSPS) is 14.3. The summed E-state index contributed by atoms with van der Waals surface area (Å²) in [7, 11) is 0. The molecule has 18 heavy (non-hydrogen) atoms. The molecule has 0 fully saturated rings. The van der Waals surface area contributed by atoms with Crippen molar-refractivity contribution in [2.75, 3.05) is 6.54 Å². The minimum atomic E-state index is 0.663. The molecule has 3 rings (SSSR count). The van der Waals surface area contributed by atoms with E-state index in [1.165, 1.54) is 5.69 Å². The van der Waals surface area contributed by atoms with Crippen molar-refractivity contribution in [1.29, 1.82) is 0 Å². The summed E-state index contributed by atoms with van der Waals surface area (Å²) in [6.07, 6.45) is 2.71. The van der Waals surface area contributed by atoms with Gasteiger partial charge in [0.15, 0.2) is 5.82 Å². The molecular formula is C12H11BrN4S. The Morgan fingerprint density at radius 3 is 3.00 bits per heavy atom. The summed E-state index contributed by atoms with van der Waals surface area (Å²) >= 11 is 8.71. The third kappa shape index (κ3) is 2.23. The number of pyridine rings is 1. The number of aromatic amines is 1. The van der Waals surface area contributed by atoms with E-state index in [4.69, 9.17) is 12.2 Å². The Morgan fingerprint density at radius 2 is 2.22 bits per heavy atom. The van der Waals surface area contributed by atoms with Crippen LogP contribution >= 0.6 is 28.1 Å². The third-order valence-electron chi connectivity index (χ3n) is 2.93. The number of hydrogen-bond acceptors (Lipinski definition) is 4. The van der Waals surface area contributed by atoms with Gasteiger partial charge in [-0.2, -0.15) is 0 Å². The molecule has 6 heteroatoms. The molecular weight excluding hydrogens is 312 g/mol. The Labute approximate surface area is 118 Å². The molecule has 0 amide bonds. The van der Waals surface area contributed by atoms with Crippen molar-refractivity contribution in [1.82, 2.24) is 20.3 Å². The second kappa shape index (κ2) is 4.87. The van der Waals surface area contributed by atoms with Crippen molar-refractivity contribution in [2.45, 2.75) is 13.0 Å². The molecule has 4 nitrogen and oxygen atoms in total. The minimum absolute atomic E-state index is 0.663. The maximum atomic E-state index is 5.34. The van der Waals surface area contributed by atoms with Crippen molar-refractivity contribution in [2.24, 2.45) is 0 Å². The molecule has 0 bridgehead atoms. The van der Waals surface area contributed by atoms with Gasteiger partial charge in [0, 0.05) is 41.4 Å². The summed E-state index contributed by atoms with van der Waals surface area (Å²) in [5.74, 6) is 0.744. The summed E-state index contributed by atoms with van der Waals surface area (Å²) in [4.78, 5) is 12.1. The van der Waals surface area contributed by atoms with Crippen LogP contribution in [0.2, 0.25) is 0 Å². The van der Waals surface area contributed by atoms with Crippen LogP contribution in [0.1, 0.15) is 11.3 Å². The average molecular weight is 323 g/mol. The van der Waals surface area contributed by atoms with Crippen LogP contribution in [-0.4, -0.2) is 21.5 Å². The van der Waals surface area contributed by atoms with Crippen LogP contribution in [0.15, 0.2) is 22.8 Å². The highest BCUT2D eigenvalue weighted by molar-refractivity contribution is 9.10. The maximum Gasteiger partial charge on any atom is 0.157 e. The van der Waals surface area contributed by atoms with Gasteiger partial charge in [0.25, 0.3) is 0 Å². The van der Waals surface area contributed by atoms with Gasteiger partial charge in [-0.1, -0.05) is 12.2 Å². The van der Waals surface area contributed by atoms with Crippen LogP contribution in [0.3, 0.4) is 0 Å². The molecule has 92 valence electrons. The van der Waals surface area contributed by atoms with E-state index in [1.807, 2.05) is 12.1 Å². The van der Waals surface area contributed by atoms with Crippen LogP contribution in [0.5, 0.6) is 0 Å². The van der Waals surface area contributed by atoms with Gasteiger partial charge in [-0.15, -0.1) is 0 Å². The largest absolute Gasteiger partial charge is 0.341 e. The standard InChI is InChI=1S/C12H11BrN4S/c13-7-1-2-10(15-5-7)11-16-9-3-4-14-6-8(9)12(18)17-11/h1-2,5,14H,3-4,6H2,(H,16,17,18). The van der Waals surface area contributed by atoms with Crippen LogP contribution in [0.4, 0.5) is 0 Å². The topological polar surface area (TPSA) is 53.6 Å². The van der Waals surface area contributed by atoms with E-state index in [2.05, 4.69) is 36.2 Å². The van der Waals surface area contributed by atoms with Gasteiger partial charge in [0.05, 0.1) is 0 Å². The Balaban J connectivity index is 2.11. The second-order valence-corrected chi connectivity index (χ2v) is 5.44. The second-order valence-electron chi connectivity index (χ2n) is 4.14. The first-order valence-corrected chi connectivity index (χ1v) is 6.89. The first-order valence-electron chi connectivity index (χ1n) is 5.69. The van der Waals surface area contributed by atoms with E-state index < -0.39 is 0 Å². The lowest BCUT2D eigenvalue weighted by Gasteiger charge is -2.17. The van der Waals surface area contributed by atoms with E-state index in [9.17, 15) is 0 Å². The quantitative estimate of drug-likeness (QED) is 0.792. The highest BCUT2D eigenvalue weighted by Crippen LogP contribution is 2.19. The van der Waals surface area contributed by atoms with E-state index in [1.54, 1.807) is 6.20 Å². The average Bonchev–Trinajstić information content (AvgIpc) is 2.39. The lowest BCUT2D eigenvalue weighted by molar-refractivity contribution is 0.624. The fourth-order valence-corrected chi connectivity index (χ4v) is 2.53. The highest BCUT2D eigenvalue weighted by Gasteiger charge is 2.13. The molecule has 0 spiro atoms. The number of H-pyrrole nitrogens is 1. The van der Waals surface area contributed by atoms with Gasteiger partial charge in [0.1, 0.15) is 10.3 Å². The lowest BCUT2D eigenvalue weighted by atomic mass is 10.1. The first-order chi connectivity index (χ1) is 8.74. The van der Waals surface area contributed by atoms with Crippen molar-refractivity contribution in [3.05, 3.63) is 38.7 Å². The van der Waals surface area contributed by atoms with Crippen LogP contribution in [-0.2, 0) is 13.0 Å². The number of nitrogens with zero attached hydrogens (tertiary/aromatic N) is 2. The molecule has 0 saturated heterocycles. The van der Waals surface area contributed by atoms with Gasteiger partial charge < -0.3 is 10.3 Å². The fraction of sp³-hybridized carbons (Fsp3) is 0.250. The Morgan fingerprint density at radius 1 is 1.33 bits per heavy atom. The zero-order chi connectivity index (χ0) is 12.5. The molecule has 2 aromatic heterocycles. The zero-order valence-corrected chi connectivity index (χ0v) is 11.9. The monoisotopic (exact) mass is 322 g/mol. The van der Waals surface area contributed by atoms with Gasteiger partial charge in [-0.25, -0.2) is 4.98 Å². The molecule has 0 aliphatic carbocycles. The molecule has 2 N–H and O–H groups in total. The zero-order valence-electron chi connectivity index (χ0n) is 9.53. The van der Waals surface area contributed by atoms with E-state index in [0.717, 1.165) is 41.1 Å². The lowest BCUT2D eigenvalue weighted by Crippen LogP contribution is -2.25. The minimum Gasteiger partial charge on any atom is -0.341 e. The highest BCUT2D eigenvalue weighted by atomic mass is 79.9. The number of aromatic nitrogens is 3. The van der Waals surface area contributed by atoms with Crippen LogP contribution in [0, 0.1) is 4.64 Å². The number of hydrogen-bond donors (Lipinski definition) is 2. The summed E-state index contributed by atoms with van der Waals surface area (Å²) < 4.78 is 1.61. The summed E-state index contributed by atoms with van der Waals surface area (Å²) in [6.45, 7) is 1.77. The van der Waals surface area contributed by atoms with Crippen LogP contribution in [0.25, 0.3) is 11.5 Å². The SMILES string of the molecule is S=c1nc(-c2ccc(Br)cn2)[nH]c2c1CNCC2. The van der Waals surface area contributed by atoms with Gasteiger partial charge in [0.2, 0.25) is 0 Å². The van der Waals surface area contributed by atoms with E-state index in [0.29, 0.717) is 4.64 Å². The maximum absolute atomic E-state index is 5.34. The van der Waals surface area contributed by atoms with Crippen molar-refractivity contribution < 1.29 is 0 Å². The molecule has 1 aliphatic rings. The smallest absolute Gasteiger partial charge is 0.157 e. The van der Waals surface area contributed by atoms with Gasteiger partial charge >= 0.3 is 0 Å². The fourth-order valence-electron chi connectivity index (χ4n) is 2.00. The summed E-state index contributed by atoms with van der Waals surface area (Å²) in [5.41, 5.74) is 3.09. The Bertz CT molecular complexity index is 636. The summed E-state index contributed by atoms with van der Waals surface area (Å²) in [5, 5.41) is 3.30. The number of rotatable bonds is 1. The van der Waals surface area contributed by atoms with E-state index in [-0.39, 0.29) is 0 Å². The molecule has 0 aromatic carbocycles. The van der Waals surface area contributed by atoms with Crippen LogP contribution < -0.4 is 5.32 Å². The van der Waals surface area contributed by atoms with Gasteiger partial charge in [-0.3, -0.25) is 4.98 Å². The Hall–Kier alpha value is -1.11. The number of fused-ring (bicyclic) bond motifs is 1. The third-order valence-corrected chi connectivity index (χ3v) is 3.74. The predicted molar refractivity (Wildman–Crippen MR) is 75.8 cm³/mol. The molecule has 0 atom stereocenters. The number of nitrogens with one attached hydrogen (secondary N) is 2. The molecule has 0 radical (unpaired) electrons. The van der Waals surface area contributed by atoms with Gasteiger partial charge in [-0.05, 0) is 28.1 Å². The molecule has 0 saturated carbocycles. The molecule has 1 aliphatic heterocycles. The molecule has 0 unspecified atom stereocenters. The van der Waals surface area contributed by atoms with Crippen molar-refractivity contribution >= 4 is 28.1 Å². The van der Waals surface area contributed by atoms with E-state index >= 15 is 0 Å². The molecule has 2 aromatic rings. The molecule has 3 heterocycles. The number of halogens is 1. The van der Waals surface area contributed by atoms with Crippen molar-refractivity contribution in [3.63, 3.8) is 0 Å². The Kier molecular flexibility index (Phi) is 3.23. The first kappa shape index (κ1) is 12.0.